The fraction of sp³-hybridized carbons (Fsp3) is 0.286. The van der Waals surface area contributed by atoms with Crippen LogP contribution in [0.25, 0.3) is 0 Å². The van der Waals surface area contributed by atoms with Crippen LogP contribution >= 0.6 is 0 Å². The number of benzene rings is 3. The molecule has 7 heteroatoms. The lowest BCUT2D eigenvalue weighted by atomic mass is 9.47. The molecular weight excluding hydrogens is 526 g/mol. The first-order chi connectivity index (χ1) is 20.4. The lowest BCUT2D eigenvalue weighted by Gasteiger charge is -2.52. The maximum atomic E-state index is 14.5. The zero-order valence-electron chi connectivity index (χ0n) is 22.9. The predicted octanol–water partition coefficient (Wildman–Crippen LogP) is 4.34. The number of amides is 4. The summed E-state index contributed by atoms with van der Waals surface area (Å²) in [6.07, 6.45) is 6.61. The highest BCUT2D eigenvalue weighted by Gasteiger charge is 2.68. The zero-order valence-corrected chi connectivity index (χ0v) is 22.9. The number of anilines is 1. The van der Waals surface area contributed by atoms with Crippen molar-refractivity contribution in [3.05, 3.63) is 113 Å². The number of hydrazone groups is 1. The maximum Gasteiger partial charge on any atom is 0.254 e. The van der Waals surface area contributed by atoms with Gasteiger partial charge in [0.05, 0.1) is 34.8 Å². The van der Waals surface area contributed by atoms with E-state index in [0.717, 1.165) is 39.2 Å². The van der Waals surface area contributed by atoms with Crippen molar-refractivity contribution in [1.82, 2.24) is 5.01 Å². The second-order valence-corrected chi connectivity index (χ2v) is 12.6. The molecule has 5 aliphatic carbocycles. The second kappa shape index (κ2) is 8.00. The van der Waals surface area contributed by atoms with E-state index in [4.69, 9.17) is 0 Å². The van der Waals surface area contributed by atoms with Crippen LogP contribution in [0.1, 0.15) is 40.2 Å². The van der Waals surface area contributed by atoms with Crippen molar-refractivity contribution in [1.29, 1.82) is 0 Å². The first-order valence-corrected chi connectivity index (χ1v) is 14.7. The number of hydrogen-bond donors (Lipinski definition) is 0. The predicted molar refractivity (Wildman–Crippen MR) is 154 cm³/mol. The van der Waals surface area contributed by atoms with Crippen molar-refractivity contribution in [2.45, 2.75) is 24.7 Å². The molecule has 10 rings (SSSR count). The van der Waals surface area contributed by atoms with Gasteiger partial charge in [-0.25, -0.2) is 4.90 Å². The van der Waals surface area contributed by atoms with Gasteiger partial charge in [0.25, 0.3) is 11.8 Å². The number of allylic oxidation sites excluding steroid dienone is 2. The van der Waals surface area contributed by atoms with E-state index >= 15 is 0 Å². The van der Waals surface area contributed by atoms with Crippen LogP contribution in [0.5, 0.6) is 0 Å². The molecule has 7 aliphatic rings. The third kappa shape index (κ3) is 2.70. The molecule has 4 bridgehead atoms. The minimum absolute atomic E-state index is 0.0721. The Hall–Kier alpha value is -4.65. The monoisotopic (exact) mass is 553 g/mol. The molecule has 3 aromatic carbocycles. The summed E-state index contributed by atoms with van der Waals surface area (Å²) in [6, 6.07) is 23.3. The first kappa shape index (κ1) is 24.0. The van der Waals surface area contributed by atoms with Crippen molar-refractivity contribution < 1.29 is 19.2 Å². The van der Waals surface area contributed by atoms with Gasteiger partial charge in [0, 0.05) is 12.1 Å². The fourth-order valence-corrected chi connectivity index (χ4v) is 9.15. The number of carbonyl (C=O) groups is 4. The molecule has 0 aromatic heterocycles. The van der Waals surface area contributed by atoms with Crippen molar-refractivity contribution >= 4 is 35.5 Å². The standard InChI is InChI=1S/C35H27N3O4/c1-18-10-14-21(15-11-18)37-31(39)29-28-22-6-2-4-8-24(22)35(30(29)34(37)42,25-9-5-3-7-23(25)28)17-36-38-32(40)26-19-12-13-20(16-19)27(26)33(38)41/h2-15,17,19-20,26-30H,16H2,1H3/b36-17-/t19-,20-,26-,27+,28?,29+,30+,35?/m0/s1. The Kier molecular flexibility index (Phi) is 4.57. The van der Waals surface area contributed by atoms with Crippen LogP contribution in [0, 0.1) is 42.4 Å². The highest BCUT2D eigenvalue weighted by molar-refractivity contribution is 6.25. The number of nitrogens with zero attached hydrogens (tertiary/aromatic N) is 3. The van der Waals surface area contributed by atoms with Gasteiger partial charge in [-0.3, -0.25) is 19.2 Å². The van der Waals surface area contributed by atoms with Gasteiger partial charge in [0.15, 0.2) is 0 Å². The van der Waals surface area contributed by atoms with Gasteiger partial charge in [0.2, 0.25) is 11.8 Å². The number of aryl methyl sites for hydroxylation is 1. The Balaban J connectivity index is 1.24. The van der Waals surface area contributed by atoms with Gasteiger partial charge in [-0.15, -0.1) is 0 Å². The molecule has 42 heavy (non-hydrogen) atoms. The van der Waals surface area contributed by atoms with Gasteiger partial charge in [0.1, 0.15) is 0 Å². The first-order valence-electron chi connectivity index (χ1n) is 14.7. The smallest absolute Gasteiger partial charge is 0.254 e. The Morgan fingerprint density at radius 2 is 1.29 bits per heavy atom. The van der Waals surface area contributed by atoms with Crippen LogP contribution < -0.4 is 4.90 Å². The number of hydrogen-bond acceptors (Lipinski definition) is 5. The Morgan fingerprint density at radius 1 is 0.714 bits per heavy atom. The van der Waals surface area contributed by atoms with E-state index in [1.54, 1.807) is 6.21 Å². The Bertz CT molecular complexity index is 1750. The minimum Gasteiger partial charge on any atom is -0.274 e. The van der Waals surface area contributed by atoms with Crippen LogP contribution in [0.3, 0.4) is 0 Å². The quantitative estimate of drug-likeness (QED) is 0.274. The van der Waals surface area contributed by atoms with Crippen molar-refractivity contribution in [2.24, 2.45) is 40.6 Å². The Morgan fingerprint density at radius 3 is 1.88 bits per heavy atom. The third-order valence-electron chi connectivity index (χ3n) is 10.8. The molecule has 0 spiro atoms. The lowest BCUT2D eigenvalue weighted by molar-refractivity contribution is -0.140. The van der Waals surface area contributed by atoms with E-state index in [2.05, 4.69) is 17.3 Å². The van der Waals surface area contributed by atoms with Crippen LogP contribution in [0.4, 0.5) is 5.69 Å². The van der Waals surface area contributed by atoms with Crippen LogP contribution in [0.15, 0.2) is 90.0 Å². The van der Waals surface area contributed by atoms with Gasteiger partial charge in [-0.05, 0) is 59.6 Å². The van der Waals surface area contributed by atoms with Crippen molar-refractivity contribution in [3.8, 4) is 0 Å². The largest absolute Gasteiger partial charge is 0.274 e. The summed E-state index contributed by atoms with van der Waals surface area (Å²) in [5, 5.41) is 5.73. The molecule has 0 N–H and O–H groups in total. The summed E-state index contributed by atoms with van der Waals surface area (Å²) < 4.78 is 0. The summed E-state index contributed by atoms with van der Waals surface area (Å²) >= 11 is 0. The molecule has 1 saturated carbocycles. The summed E-state index contributed by atoms with van der Waals surface area (Å²) in [7, 11) is 0. The molecule has 206 valence electrons. The van der Waals surface area contributed by atoms with Gasteiger partial charge >= 0.3 is 0 Å². The van der Waals surface area contributed by atoms with E-state index < -0.39 is 17.3 Å². The molecule has 2 saturated heterocycles. The number of fused-ring (bicyclic) bond motifs is 5. The molecule has 2 heterocycles. The molecule has 3 fully saturated rings. The number of imide groups is 2. The topological polar surface area (TPSA) is 87.1 Å². The molecule has 0 unspecified atom stereocenters. The summed E-state index contributed by atoms with van der Waals surface area (Å²) in [5.41, 5.74) is 4.20. The highest BCUT2D eigenvalue weighted by Crippen LogP contribution is 2.64. The SMILES string of the molecule is Cc1ccc(N2C(=O)[C@@H]3C4c5ccccc5C(/C=N\N5C(=O)[C@@H]6[C@H](C5=O)[C@H]5C=C[C@H]6C5)(c5ccccc54)[C@H]3C2=O)cc1. The number of carbonyl (C=O) groups excluding carboxylic acids is 4. The van der Waals surface area contributed by atoms with Crippen LogP contribution in [-0.4, -0.2) is 34.9 Å². The average molecular weight is 554 g/mol. The van der Waals surface area contributed by atoms with Crippen LogP contribution in [-0.2, 0) is 24.6 Å². The average Bonchev–Trinajstić information content (AvgIpc) is 3.75. The molecule has 6 atom stereocenters. The zero-order chi connectivity index (χ0) is 28.5. The van der Waals surface area contributed by atoms with Crippen LogP contribution in [0.2, 0.25) is 0 Å². The van der Waals surface area contributed by atoms with Gasteiger partial charge in [-0.2, -0.15) is 10.1 Å². The fourth-order valence-electron chi connectivity index (χ4n) is 9.15. The highest BCUT2D eigenvalue weighted by atomic mass is 16.2. The van der Waals surface area contributed by atoms with E-state index in [0.29, 0.717) is 5.69 Å². The molecule has 0 radical (unpaired) electrons. The molecule has 2 aliphatic heterocycles. The normalized spacial score (nSPS) is 34.9. The van der Waals surface area contributed by atoms with E-state index in [1.807, 2.05) is 79.7 Å². The summed E-state index contributed by atoms with van der Waals surface area (Å²) in [4.78, 5) is 57.3. The van der Waals surface area contributed by atoms with E-state index in [-0.39, 0.29) is 53.2 Å². The lowest BCUT2D eigenvalue weighted by Crippen LogP contribution is -2.55. The van der Waals surface area contributed by atoms with Gasteiger partial charge in [-0.1, -0.05) is 78.4 Å². The number of rotatable bonds is 3. The van der Waals surface area contributed by atoms with Crippen molar-refractivity contribution in [3.63, 3.8) is 0 Å². The molecule has 4 amide bonds. The third-order valence-corrected chi connectivity index (χ3v) is 10.8. The van der Waals surface area contributed by atoms with E-state index in [9.17, 15) is 19.2 Å². The van der Waals surface area contributed by atoms with Crippen molar-refractivity contribution in [2.75, 3.05) is 4.90 Å². The van der Waals surface area contributed by atoms with Gasteiger partial charge < -0.3 is 0 Å². The maximum absolute atomic E-state index is 14.5. The molecule has 3 aromatic rings. The van der Waals surface area contributed by atoms with E-state index in [1.165, 1.54) is 4.90 Å². The minimum atomic E-state index is -1.13. The molecule has 7 nitrogen and oxygen atoms in total. The second-order valence-electron chi connectivity index (χ2n) is 12.6. The summed E-state index contributed by atoms with van der Waals surface area (Å²) in [6.45, 7) is 1.97. The summed E-state index contributed by atoms with van der Waals surface area (Å²) in [5.74, 6) is -3.36. The molecular formula is C35H27N3O4. The Labute approximate surface area is 242 Å².